The Morgan fingerprint density at radius 2 is 1.71 bits per heavy atom. The van der Waals surface area contributed by atoms with Gasteiger partial charge in [-0.15, -0.1) is 0 Å². The number of anilines is 1. The molecule has 1 aliphatic rings. The first kappa shape index (κ1) is 27.9. The number of nitrogens with one attached hydrogen (secondary N) is 2. The van der Waals surface area contributed by atoms with Gasteiger partial charge in [0.2, 0.25) is 5.91 Å². The molecule has 4 aromatic rings. The predicted octanol–water partition coefficient (Wildman–Crippen LogP) is 6.43. The normalized spacial score (nSPS) is 13.7. The van der Waals surface area contributed by atoms with Crippen molar-refractivity contribution in [2.75, 3.05) is 18.4 Å². The quantitative estimate of drug-likeness (QED) is 0.267. The molecule has 0 unspecified atom stereocenters. The molecule has 0 aliphatic carbocycles. The van der Waals surface area contributed by atoms with Crippen molar-refractivity contribution in [1.29, 1.82) is 0 Å². The maximum absolute atomic E-state index is 13.2. The van der Waals surface area contributed by atoms with Crippen LogP contribution < -0.4 is 11.1 Å². The van der Waals surface area contributed by atoms with Gasteiger partial charge in [-0.1, -0.05) is 57.2 Å². The topological polar surface area (TPSA) is 108 Å². The van der Waals surface area contributed by atoms with E-state index < -0.39 is 5.91 Å². The van der Waals surface area contributed by atoms with Crippen molar-refractivity contribution in [1.82, 2.24) is 9.88 Å². The largest absolute Gasteiger partial charge is 0.366 e. The molecule has 0 radical (unpaired) electrons. The summed E-state index contributed by atoms with van der Waals surface area (Å²) >= 11 is 0. The maximum Gasteiger partial charge on any atom is 0.255 e. The maximum atomic E-state index is 13.2. The molecule has 1 aromatic heterocycles. The fourth-order valence-electron chi connectivity index (χ4n) is 5.41. The average molecular weight is 549 g/mol. The molecule has 7 heteroatoms. The Kier molecular flexibility index (Phi) is 7.30. The van der Waals surface area contributed by atoms with Crippen LogP contribution in [-0.4, -0.2) is 40.7 Å². The highest BCUT2D eigenvalue weighted by molar-refractivity contribution is 6.11. The highest BCUT2D eigenvalue weighted by Gasteiger charge is 2.21. The van der Waals surface area contributed by atoms with Crippen LogP contribution in [-0.2, 0) is 10.2 Å². The van der Waals surface area contributed by atoms with Crippen LogP contribution in [0.4, 0.5) is 5.69 Å². The molecule has 0 atom stereocenters. The van der Waals surface area contributed by atoms with Crippen LogP contribution in [0, 0.1) is 6.92 Å². The number of aromatic nitrogens is 1. The number of fused-ring (bicyclic) bond motifs is 1. The van der Waals surface area contributed by atoms with Crippen LogP contribution >= 0.6 is 0 Å². The SMILES string of the molecule is CC(=O)N1CC=C(c2cc3c(-c4cccc(NC(=O)c5ccc(C(C)(C)C)cc5)c4C)ccc(C(N)=O)c3[nH]2)CC1. The first-order valence-electron chi connectivity index (χ1n) is 13.9. The minimum absolute atomic E-state index is 0.00976. The number of hydrogen-bond acceptors (Lipinski definition) is 3. The lowest BCUT2D eigenvalue weighted by molar-refractivity contribution is -0.128. The highest BCUT2D eigenvalue weighted by atomic mass is 16.2. The van der Waals surface area contributed by atoms with Crippen LogP contribution in [0.25, 0.3) is 27.6 Å². The molecule has 0 fully saturated rings. The molecular weight excluding hydrogens is 512 g/mol. The van der Waals surface area contributed by atoms with Crippen molar-refractivity contribution in [3.63, 3.8) is 0 Å². The number of benzene rings is 3. The van der Waals surface area contributed by atoms with E-state index in [4.69, 9.17) is 5.73 Å². The molecular formula is C34H36N4O3. The Labute approximate surface area is 240 Å². The summed E-state index contributed by atoms with van der Waals surface area (Å²) in [5.74, 6) is -0.627. The zero-order valence-corrected chi connectivity index (χ0v) is 24.2. The van der Waals surface area contributed by atoms with Crippen LogP contribution in [0.3, 0.4) is 0 Å². The monoisotopic (exact) mass is 548 g/mol. The molecule has 4 N–H and O–H groups in total. The lowest BCUT2D eigenvalue weighted by Crippen LogP contribution is -2.32. The molecule has 5 rings (SSSR count). The van der Waals surface area contributed by atoms with Gasteiger partial charge in [-0.25, -0.2) is 0 Å². The summed E-state index contributed by atoms with van der Waals surface area (Å²) in [5.41, 5.74) is 14.1. The van der Waals surface area contributed by atoms with E-state index in [0.29, 0.717) is 36.2 Å². The summed E-state index contributed by atoms with van der Waals surface area (Å²) in [7, 11) is 0. The van der Waals surface area contributed by atoms with Crippen molar-refractivity contribution < 1.29 is 14.4 Å². The standard InChI is InChI=1S/C34H36N4O3/c1-20-25(7-6-8-29(20)37-33(41)23-9-11-24(12-10-23)34(3,4)5)26-13-14-27(32(35)40)31-28(26)19-30(36-31)22-15-17-38(18-16-22)21(2)39/h6-15,19,36H,16-18H2,1-5H3,(H2,35,40)(H,37,41). The van der Waals surface area contributed by atoms with Gasteiger partial charge in [0.25, 0.3) is 11.8 Å². The molecule has 0 saturated heterocycles. The van der Waals surface area contributed by atoms with E-state index in [-0.39, 0.29) is 17.2 Å². The lowest BCUT2D eigenvalue weighted by Gasteiger charge is -2.24. The molecule has 210 valence electrons. The fraction of sp³-hybridized carbons (Fsp3) is 0.265. The molecule has 7 nitrogen and oxygen atoms in total. The summed E-state index contributed by atoms with van der Waals surface area (Å²) in [4.78, 5) is 42.5. The second-order valence-corrected chi connectivity index (χ2v) is 11.7. The Balaban J connectivity index is 1.51. The van der Waals surface area contributed by atoms with Gasteiger partial charge in [0.15, 0.2) is 0 Å². The van der Waals surface area contributed by atoms with Crippen molar-refractivity contribution in [2.24, 2.45) is 5.73 Å². The number of H-pyrrole nitrogens is 1. The number of rotatable bonds is 5. The number of carbonyl (C=O) groups is 3. The zero-order chi connectivity index (χ0) is 29.5. The van der Waals surface area contributed by atoms with Gasteiger partial charge in [0, 0.05) is 42.3 Å². The van der Waals surface area contributed by atoms with Crippen LogP contribution in [0.5, 0.6) is 0 Å². The molecule has 0 saturated carbocycles. The number of aromatic amines is 1. The summed E-state index contributed by atoms with van der Waals surface area (Å²) in [6.45, 7) is 11.2. The lowest BCUT2D eigenvalue weighted by atomic mass is 9.86. The van der Waals surface area contributed by atoms with Crippen LogP contribution in [0.2, 0.25) is 0 Å². The number of amides is 3. The van der Waals surface area contributed by atoms with Gasteiger partial charge in [-0.2, -0.15) is 0 Å². The second kappa shape index (κ2) is 10.7. The van der Waals surface area contributed by atoms with Gasteiger partial charge in [0.05, 0.1) is 11.1 Å². The number of carbonyl (C=O) groups excluding carboxylic acids is 3. The highest BCUT2D eigenvalue weighted by Crippen LogP contribution is 2.37. The summed E-state index contributed by atoms with van der Waals surface area (Å²) in [6.07, 6.45) is 2.76. The second-order valence-electron chi connectivity index (χ2n) is 11.7. The van der Waals surface area contributed by atoms with Crippen LogP contribution in [0.1, 0.15) is 71.7 Å². The van der Waals surface area contributed by atoms with E-state index in [9.17, 15) is 14.4 Å². The van der Waals surface area contributed by atoms with Gasteiger partial charge in [-0.3, -0.25) is 14.4 Å². The minimum atomic E-state index is -0.509. The molecule has 3 aromatic carbocycles. The fourth-order valence-corrected chi connectivity index (χ4v) is 5.41. The first-order chi connectivity index (χ1) is 19.4. The van der Waals surface area contributed by atoms with Gasteiger partial charge >= 0.3 is 0 Å². The molecule has 0 bridgehead atoms. The predicted molar refractivity (Wildman–Crippen MR) is 165 cm³/mol. The number of primary amides is 1. The molecule has 41 heavy (non-hydrogen) atoms. The molecule has 0 spiro atoms. The van der Waals surface area contributed by atoms with E-state index in [2.05, 4.69) is 37.1 Å². The van der Waals surface area contributed by atoms with Crippen LogP contribution in [0.15, 0.2) is 66.7 Å². The number of nitrogens with two attached hydrogens (primary N) is 1. The molecule has 1 aliphatic heterocycles. The van der Waals surface area contributed by atoms with Crippen molar-refractivity contribution in [3.8, 4) is 11.1 Å². The molecule has 2 heterocycles. The number of nitrogens with zero attached hydrogens (tertiary/aromatic N) is 1. The van der Waals surface area contributed by atoms with Gasteiger partial charge < -0.3 is 20.9 Å². The zero-order valence-electron chi connectivity index (χ0n) is 24.2. The van der Waals surface area contributed by atoms with Gasteiger partial charge in [0.1, 0.15) is 0 Å². The first-order valence-corrected chi connectivity index (χ1v) is 13.9. The van der Waals surface area contributed by atoms with Crippen molar-refractivity contribution >= 4 is 39.9 Å². The summed E-state index contributed by atoms with van der Waals surface area (Å²) < 4.78 is 0. The third-order valence-electron chi connectivity index (χ3n) is 7.95. The Hall–Kier alpha value is -4.65. The van der Waals surface area contributed by atoms with E-state index >= 15 is 0 Å². The van der Waals surface area contributed by atoms with E-state index in [1.165, 1.54) is 5.56 Å². The minimum Gasteiger partial charge on any atom is -0.366 e. The van der Waals surface area contributed by atoms with E-state index in [0.717, 1.165) is 39.0 Å². The Morgan fingerprint density at radius 3 is 2.32 bits per heavy atom. The summed E-state index contributed by atoms with van der Waals surface area (Å²) in [5, 5.41) is 3.95. The average Bonchev–Trinajstić information content (AvgIpc) is 3.39. The Bertz CT molecular complexity index is 1700. The molecule has 3 amide bonds. The smallest absolute Gasteiger partial charge is 0.255 e. The van der Waals surface area contributed by atoms with E-state index in [1.807, 2.05) is 61.5 Å². The van der Waals surface area contributed by atoms with Gasteiger partial charge in [-0.05, 0) is 76.9 Å². The number of hydrogen-bond donors (Lipinski definition) is 3. The summed E-state index contributed by atoms with van der Waals surface area (Å²) in [6, 6.07) is 19.2. The van der Waals surface area contributed by atoms with Crippen molar-refractivity contribution in [3.05, 3.63) is 94.7 Å². The van der Waals surface area contributed by atoms with E-state index in [1.54, 1.807) is 17.9 Å². The Morgan fingerprint density at radius 1 is 0.976 bits per heavy atom. The third kappa shape index (κ3) is 5.53. The van der Waals surface area contributed by atoms with Crippen molar-refractivity contribution in [2.45, 2.75) is 46.5 Å². The third-order valence-corrected chi connectivity index (χ3v) is 7.95.